The SMILES string of the molecule is CCc1nc(-c2c(C(F)(F)F)ccc(CNC(=O)C3CC(OCc4cccc(Cl)c4F)C3)c2F)[nH]c(=O)c1F. The van der Waals surface area contributed by atoms with Crippen LogP contribution in [0, 0.1) is 23.4 Å². The van der Waals surface area contributed by atoms with Crippen molar-refractivity contribution in [1.29, 1.82) is 0 Å². The van der Waals surface area contributed by atoms with Crippen LogP contribution < -0.4 is 10.9 Å². The second-order valence-electron chi connectivity index (χ2n) is 9.02. The molecule has 1 heterocycles. The van der Waals surface area contributed by atoms with Gasteiger partial charge < -0.3 is 15.0 Å². The van der Waals surface area contributed by atoms with Crippen LogP contribution in [0.15, 0.2) is 35.1 Å². The second kappa shape index (κ2) is 11.4. The van der Waals surface area contributed by atoms with Crippen LogP contribution in [-0.2, 0) is 35.3 Å². The lowest BCUT2D eigenvalue weighted by Crippen LogP contribution is -2.42. The fraction of sp³-hybridized carbons (Fsp3) is 0.346. The molecule has 0 bridgehead atoms. The van der Waals surface area contributed by atoms with Gasteiger partial charge >= 0.3 is 6.18 Å². The van der Waals surface area contributed by atoms with E-state index in [0.29, 0.717) is 18.9 Å². The Kier molecular flexibility index (Phi) is 8.36. The number of aryl methyl sites for hydroxylation is 1. The topological polar surface area (TPSA) is 84.1 Å². The van der Waals surface area contributed by atoms with Crippen LogP contribution in [0.25, 0.3) is 11.4 Å². The summed E-state index contributed by atoms with van der Waals surface area (Å²) >= 11 is 5.74. The number of benzene rings is 2. The first-order chi connectivity index (χ1) is 18.4. The average molecular weight is 574 g/mol. The lowest BCUT2D eigenvalue weighted by Gasteiger charge is -2.34. The summed E-state index contributed by atoms with van der Waals surface area (Å²) < 4.78 is 89.9. The smallest absolute Gasteiger partial charge is 0.373 e. The predicted molar refractivity (Wildman–Crippen MR) is 129 cm³/mol. The van der Waals surface area contributed by atoms with E-state index < -0.39 is 70.2 Å². The molecule has 0 unspecified atom stereocenters. The molecule has 6 nitrogen and oxygen atoms in total. The molecule has 0 aliphatic heterocycles. The molecular weight excluding hydrogens is 552 g/mol. The summed E-state index contributed by atoms with van der Waals surface area (Å²) in [5.41, 5.74) is -4.23. The summed E-state index contributed by atoms with van der Waals surface area (Å²) in [6.45, 7) is 0.953. The van der Waals surface area contributed by atoms with E-state index in [1.54, 1.807) is 6.07 Å². The van der Waals surface area contributed by atoms with Crippen molar-refractivity contribution in [2.45, 2.75) is 51.6 Å². The van der Waals surface area contributed by atoms with Crippen molar-refractivity contribution in [3.63, 3.8) is 0 Å². The third-order valence-corrected chi connectivity index (χ3v) is 6.75. The molecule has 0 saturated heterocycles. The highest BCUT2D eigenvalue weighted by atomic mass is 35.5. The van der Waals surface area contributed by atoms with E-state index in [2.05, 4.69) is 10.3 Å². The summed E-state index contributed by atoms with van der Waals surface area (Å²) in [4.78, 5) is 30.0. The van der Waals surface area contributed by atoms with Crippen molar-refractivity contribution in [3.8, 4) is 11.4 Å². The van der Waals surface area contributed by atoms with Gasteiger partial charge in [-0.25, -0.2) is 13.8 Å². The average Bonchev–Trinajstić information content (AvgIpc) is 2.85. The van der Waals surface area contributed by atoms with E-state index in [9.17, 15) is 31.5 Å². The van der Waals surface area contributed by atoms with Gasteiger partial charge in [-0.1, -0.05) is 36.7 Å². The Morgan fingerprint density at radius 2 is 1.82 bits per heavy atom. The summed E-state index contributed by atoms with van der Waals surface area (Å²) in [5.74, 6) is -4.94. The normalized spacial score (nSPS) is 17.1. The second-order valence-corrected chi connectivity index (χ2v) is 9.43. The molecule has 1 amide bonds. The Bertz CT molecular complexity index is 1450. The number of amides is 1. The zero-order valence-corrected chi connectivity index (χ0v) is 21.2. The molecule has 4 rings (SSSR count). The summed E-state index contributed by atoms with van der Waals surface area (Å²) in [6, 6.07) is 5.99. The quantitative estimate of drug-likeness (QED) is 0.339. The number of carbonyl (C=O) groups excluding carboxylic acids is 1. The molecule has 2 aromatic carbocycles. The minimum atomic E-state index is -5.01. The lowest BCUT2D eigenvalue weighted by atomic mass is 9.81. The molecule has 13 heteroatoms. The standard InChI is InChI=1S/C26H22ClF6N3O3/c1-2-18-22(30)25(38)36-23(35-18)19-16(26(31,32)33)7-6-12(21(19)29)10-34-24(37)14-8-15(9-14)39-11-13-4-3-5-17(27)20(13)28/h3-7,14-15H,2,8-11H2,1H3,(H,34,37)(H,35,36,38). The fourth-order valence-corrected chi connectivity index (χ4v) is 4.39. The highest BCUT2D eigenvalue weighted by Crippen LogP contribution is 2.38. The van der Waals surface area contributed by atoms with E-state index in [0.717, 1.165) is 6.07 Å². The number of ether oxygens (including phenoxy) is 1. The number of hydrogen-bond acceptors (Lipinski definition) is 4. The largest absolute Gasteiger partial charge is 0.417 e. The number of H-pyrrole nitrogens is 1. The molecular formula is C26H22ClF6N3O3. The Balaban J connectivity index is 1.44. The maximum Gasteiger partial charge on any atom is 0.417 e. The van der Waals surface area contributed by atoms with Gasteiger partial charge in [-0.2, -0.15) is 17.6 Å². The van der Waals surface area contributed by atoms with E-state index in [1.165, 1.54) is 19.1 Å². The van der Waals surface area contributed by atoms with Crippen molar-refractivity contribution in [3.05, 3.63) is 85.5 Å². The van der Waals surface area contributed by atoms with Crippen molar-refractivity contribution in [2.24, 2.45) is 5.92 Å². The molecule has 39 heavy (non-hydrogen) atoms. The molecule has 0 atom stereocenters. The van der Waals surface area contributed by atoms with Crippen LogP contribution in [0.1, 0.15) is 42.1 Å². The molecule has 3 aromatic rings. The highest BCUT2D eigenvalue weighted by Gasteiger charge is 2.38. The number of aromatic nitrogens is 2. The number of halogens is 7. The monoisotopic (exact) mass is 573 g/mol. The number of alkyl halides is 3. The molecule has 1 saturated carbocycles. The van der Waals surface area contributed by atoms with Crippen molar-refractivity contribution >= 4 is 17.5 Å². The molecule has 208 valence electrons. The highest BCUT2D eigenvalue weighted by molar-refractivity contribution is 6.30. The van der Waals surface area contributed by atoms with Gasteiger partial charge in [-0.15, -0.1) is 0 Å². The zero-order chi connectivity index (χ0) is 28.5. The Morgan fingerprint density at radius 1 is 1.10 bits per heavy atom. The first-order valence-corrected chi connectivity index (χ1v) is 12.3. The number of hydrogen-bond donors (Lipinski definition) is 2. The maximum absolute atomic E-state index is 15.4. The Labute approximate surface area is 223 Å². The Hall–Kier alpha value is -3.38. The van der Waals surface area contributed by atoms with Gasteiger partial charge in [0.1, 0.15) is 17.5 Å². The van der Waals surface area contributed by atoms with Crippen molar-refractivity contribution in [2.75, 3.05) is 0 Å². The van der Waals surface area contributed by atoms with Gasteiger partial charge in [0.15, 0.2) is 0 Å². The van der Waals surface area contributed by atoms with Gasteiger partial charge in [-0.3, -0.25) is 9.59 Å². The van der Waals surface area contributed by atoms with Crippen LogP contribution in [-0.4, -0.2) is 22.0 Å². The first kappa shape index (κ1) is 28.6. The zero-order valence-electron chi connectivity index (χ0n) is 20.4. The summed E-state index contributed by atoms with van der Waals surface area (Å²) in [7, 11) is 0. The van der Waals surface area contributed by atoms with E-state index in [4.69, 9.17) is 16.3 Å². The Morgan fingerprint density at radius 3 is 2.49 bits per heavy atom. The van der Waals surface area contributed by atoms with Gasteiger partial charge in [-0.05, 0) is 31.4 Å². The minimum Gasteiger partial charge on any atom is -0.373 e. The summed E-state index contributed by atoms with van der Waals surface area (Å²) in [6.07, 6.45) is -4.80. The van der Waals surface area contributed by atoms with Gasteiger partial charge in [0.25, 0.3) is 5.56 Å². The van der Waals surface area contributed by atoms with Crippen LogP contribution in [0.3, 0.4) is 0 Å². The van der Waals surface area contributed by atoms with Crippen LogP contribution >= 0.6 is 11.6 Å². The summed E-state index contributed by atoms with van der Waals surface area (Å²) in [5, 5.41) is 2.45. The third-order valence-electron chi connectivity index (χ3n) is 6.46. The number of nitrogens with zero attached hydrogens (tertiary/aromatic N) is 1. The van der Waals surface area contributed by atoms with E-state index in [-0.39, 0.29) is 35.3 Å². The van der Waals surface area contributed by atoms with E-state index >= 15 is 4.39 Å². The number of nitrogens with one attached hydrogen (secondary N) is 2. The van der Waals surface area contributed by atoms with E-state index in [1.807, 2.05) is 4.98 Å². The minimum absolute atomic E-state index is 0.0343. The molecule has 2 N–H and O–H groups in total. The van der Waals surface area contributed by atoms with Gasteiger partial charge in [0.05, 0.1) is 34.6 Å². The number of rotatable bonds is 8. The molecule has 1 fully saturated rings. The van der Waals surface area contributed by atoms with Crippen LogP contribution in [0.4, 0.5) is 26.3 Å². The lowest BCUT2D eigenvalue weighted by molar-refractivity contribution is -0.137. The molecule has 0 spiro atoms. The molecule has 0 radical (unpaired) electrons. The van der Waals surface area contributed by atoms with Crippen LogP contribution in [0.2, 0.25) is 5.02 Å². The van der Waals surface area contributed by atoms with Gasteiger partial charge in [0, 0.05) is 23.6 Å². The van der Waals surface area contributed by atoms with Gasteiger partial charge in [0.2, 0.25) is 11.7 Å². The molecule has 1 aliphatic rings. The van der Waals surface area contributed by atoms with Crippen molar-refractivity contribution in [1.82, 2.24) is 15.3 Å². The fourth-order valence-electron chi connectivity index (χ4n) is 4.19. The van der Waals surface area contributed by atoms with Crippen molar-refractivity contribution < 1.29 is 35.9 Å². The number of carbonyl (C=O) groups is 1. The molecule has 1 aliphatic carbocycles. The predicted octanol–water partition coefficient (Wildman–Crippen LogP) is 5.70. The maximum atomic E-state index is 15.4. The third kappa shape index (κ3) is 6.11. The van der Waals surface area contributed by atoms with Crippen LogP contribution in [0.5, 0.6) is 0 Å². The molecule has 1 aromatic heterocycles. The number of aromatic amines is 1. The first-order valence-electron chi connectivity index (χ1n) is 11.9.